The number of carbonyl (C=O) groups is 1. The number of aromatic nitrogens is 1. The van der Waals surface area contributed by atoms with Crippen LogP contribution >= 0.6 is 23.2 Å². The fourth-order valence-electron chi connectivity index (χ4n) is 2.24. The molecule has 0 saturated carbocycles. The van der Waals surface area contributed by atoms with Gasteiger partial charge in [0.05, 0.1) is 5.56 Å². The van der Waals surface area contributed by atoms with Gasteiger partial charge in [-0.25, -0.2) is 4.39 Å². The van der Waals surface area contributed by atoms with Gasteiger partial charge in [-0.15, -0.1) is 0 Å². The van der Waals surface area contributed by atoms with E-state index in [0.717, 1.165) is 0 Å². The van der Waals surface area contributed by atoms with Crippen LogP contribution in [0.3, 0.4) is 0 Å². The fourth-order valence-corrected chi connectivity index (χ4v) is 2.77. The Bertz CT molecular complexity index is 922. The van der Waals surface area contributed by atoms with Crippen molar-refractivity contribution in [2.24, 2.45) is 0 Å². The summed E-state index contributed by atoms with van der Waals surface area (Å²) in [4.78, 5) is 12.5. The molecule has 1 N–H and O–H groups in total. The van der Waals surface area contributed by atoms with Crippen molar-refractivity contribution in [2.45, 2.75) is 13.5 Å². The minimum Gasteiger partial charge on any atom is -0.489 e. The van der Waals surface area contributed by atoms with Gasteiger partial charge in [-0.3, -0.25) is 4.79 Å². The molecule has 0 saturated heterocycles. The summed E-state index contributed by atoms with van der Waals surface area (Å²) in [6.07, 6.45) is 0. The van der Waals surface area contributed by atoms with E-state index in [1.807, 2.05) is 0 Å². The number of rotatable bonds is 5. The Labute approximate surface area is 158 Å². The van der Waals surface area contributed by atoms with Crippen LogP contribution in [0.5, 0.6) is 5.75 Å². The van der Waals surface area contributed by atoms with Crippen LogP contribution in [0.4, 0.5) is 10.1 Å². The SMILES string of the molecule is Cc1onc(C(=O)Nc2cc(Cl)cc(Cl)c2)c1COc1ccc(F)cc1. The molecule has 2 aromatic carbocycles. The number of hydrogen-bond donors (Lipinski definition) is 1. The van der Waals surface area contributed by atoms with Crippen molar-refractivity contribution in [3.63, 3.8) is 0 Å². The molecular formula is C18H13Cl2FN2O3. The molecule has 0 aliphatic carbocycles. The molecule has 134 valence electrons. The molecule has 1 aromatic heterocycles. The summed E-state index contributed by atoms with van der Waals surface area (Å²) in [7, 11) is 0. The summed E-state index contributed by atoms with van der Waals surface area (Å²) in [6, 6.07) is 10.2. The lowest BCUT2D eigenvalue weighted by Crippen LogP contribution is -2.15. The molecule has 3 aromatic rings. The zero-order chi connectivity index (χ0) is 18.7. The molecule has 0 bridgehead atoms. The van der Waals surface area contributed by atoms with Gasteiger partial charge >= 0.3 is 0 Å². The average Bonchev–Trinajstić information content (AvgIpc) is 2.94. The Morgan fingerprint density at radius 1 is 1.19 bits per heavy atom. The van der Waals surface area contributed by atoms with E-state index in [9.17, 15) is 9.18 Å². The normalized spacial score (nSPS) is 10.6. The van der Waals surface area contributed by atoms with E-state index in [0.29, 0.717) is 32.8 Å². The third-order valence-corrected chi connectivity index (χ3v) is 3.95. The van der Waals surface area contributed by atoms with Crippen molar-refractivity contribution in [1.29, 1.82) is 0 Å². The molecule has 26 heavy (non-hydrogen) atoms. The van der Waals surface area contributed by atoms with E-state index < -0.39 is 5.91 Å². The lowest BCUT2D eigenvalue weighted by Gasteiger charge is -2.08. The molecule has 1 amide bonds. The molecule has 5 nitrogen and oxygen atoms in total. The molecular weight excluding hydrogens is 382 g/mol. The van der Waals surface area contributed by atoms with Crippen LogP contribution < -0.4 is 10.1 Å². The first-order valence-electron chi connectivity index (χ1n) is 7.53. The van der Waals surface area contributed by atoms with Crippen molar-refractivity contribution >= 4 is 34.8 Å². The molecule has 1 heterocycles. The van der Waals surface area contributed by atoms with Crippen LogP contribution in [-0.4, -0.2) is 11.1 Å². The van der Waals surface area contributed by atoms with Gasteiger partial charge in [0, 0.05) is 15.7 Å². The number of halogens is 3. The highest BCUT2D eigenvalue weighted by Gasteiger charge is 2.21. The van der Waals surface area contributed by atoms with Gasteiger partial charge in [0.25, 0.3) is 5.91 Å². The lowest BCUT2D eigenvalue weighted by molar-refractivity contribution is 0.101. The van der Waals surface area contributed by atoms with Crippen LogP contribution in [0.1, 0.15) is 21.8 Å². The molecule has 0 aliphatic heterocycles. The number of amides is 1. The van der Waals surface area contributed by atoms with E-state index in [2.05, 4.69) is 10.5 Å². The third kappa shape index (κ3) is 4.33. The van der Waals surface area contributed by atoms with Gasteiger partial charge < -0.3 is 14.6 Å². The maximum atomic E-state index is 12.9. The Morgan fingerprint density at radius 3 is 2.50 bits per heavy atom. The largest absolute Gasteiger partial charge is 0.489 e. The first-order chi connectivity index (χ1) is 12.4. The summed E-state index contributed by atoms with van der Waals surface area (Å²) in [5.74, 6) is 0.0537. The monoisotopic (exact) mass is 394 g/mol. The molecule has 0 fully saturated rings. The zero-order valence-corrected chi connectivity index (χ0v) is 15.1. The van der Waals surface area contributed by atoms with E-state index in [4.69, 9.17) is 32.5 Å². The van der Waals surface area contributed by atoms with Crippen molar-refractivity contribution in [2.75, 3.05) is 5.32 Å². The van der Waals surface area contributed by atoms with Crippen molar-refractivity contribution in [3.8, 4) is 5.75 Å². The third-order valence-electron chi connectivity index (χ3n) is 3.52. The number of hydrogen-bond acceptors (Lipinski definition) is 4. The summed E-state index contributed by atoms with van der Waals surface area (Å²) in [6.45, 7) is 1.71. The molecule has 0 atom stereocenters. The van der Waals surface area contributed by atoms with Gasteiger partial charge in [0.1, 0.15) is 23.9 Å². The second-order valence-electron chi connectivity index (χ2n) is 5.42. The predicted octanol–water partition coefficient (Wildman–Crippen LogP) is 5.26. The van der Waals surface area contributed by atoms with E-state index in [1.165, 1.54) is 24.3 Å². The number of nitrogens with one attached hydrogen (secondary N) is 1. The molecule has 8 heteroatoms. The van der Waals surface area contributed by atoms with Gasteiger partial charge in [0.15, 0.2) is 5.69 Å². The number of aryl methyl sites for hydroxylation is 1. The summed E-state index contributed by atoms with van der Waals surface area (Å²) in [5.41, 5.74) is 0.999. The van der Waals surface area contributed by atoms with Crippen LogP contribution in [0.2, 0.25) is 10.0 Å². The van der Waals surface area contributed by atoms with Crippen LogP contribution in [0.15, 0.2) is 47.0 Å². The number of ether oxygens (including phenoxy) is 1. The molecule has 0 aliphatic rings. The first-order valence-corrected chi connectivity index (χ1v) is 8.29. The summed E-state index contributed by atoms with van der Waals surface area (Å²) < 4.78 is 23.6. The second kappa shape index (κ2) is 7.76. The summed E-state index contributed by atoms with van der Waals surface area (Å²) in [5, 5.41) is 7.24. The lowest BCUT2D eigenvalue weighted by atomic mass is 10.2. The first kappa shape index (κ1) is 18.2. The average molecular weight is 395 g/mol. The van der Waals surface area contributed by atoms with Gasteiger partial charge in [-0.2, -0.15) is 0 Å². The topological polar surface area (TPSA) is 64.4 Å². The quantitative estimate of drug-likeness (QED) is 0.640. The van der Waals surface area contributed by atoms with E-state index >= 15 is 0 Å². The number of nitrogens with zero attached hydrogens (tertiary/aromatic N) is 1. The van der Waals surface area contributed by atoms with E-state index in [-0.39, 0.29) is 18.1 Å². The Balaban J connectivity index is 1.75. The smallest absolute Gasteiger partial charge is 0.278 e. The predicted molar refractivity (Wildman–Crippen MR) is 96.4 cm³/mol. The molecule has 0 spiro atoms. The highest BCUT2D eigenvalue weighted by atomic mass is 35.5. The van der Waals surface area contributed by atoms with Crippen molar-refractivity contribution in [1.82, 2.24) is 5.16 Å². The minimum atomic E-state index is -0.488. The Hall–Kier alpha value is -2.57. The fraction of sp³-hybridized carbons (Fsp3) is 0.111. The Kier molecular flexibility index (Phi) is 5.44. The van der Waals surface area contributed by atoms with Gasteiger partial charge in [-0.05, 0) is 49.4 Å². The van der Waals surface area contributed by atoms with Gasteiger partial charge in [-0.1, -0.05) is 28.4 Å². The van der Waals surface area contributed by atoms with Crippen molar-refractivity contribution in [3.05, 3.63) is 75.3 Å². The Morgan fingerprint density at radius 2 is 1.85 bits per heavy atom. The van der Waals surface area contributed by atoms with Gasteiger partial charge in [0.2, 0.25) is 0 Å². The van der Waals surface area contributed by atoms with Crippen molar-refractivity contribution < 1.29 is 18.4 Å². The second-order valence-corrected chi connectivity index (χ2v) is 6.29. The zero-order valence-electron chi connectivity index (χ0n) is 13.6. The number of benzene rings is 2. The standard InChI is InChI=1S/C18H13Cl2FN2O3/c1-10-16(9-25-15-4-2-13(21)3-5-15)17(23-26-10)18(24)22-14-7-11(19)6-12(20)8-14/h2-8H,9H2,1H3,(H,22,24). The number of carbonyl (C=O) groups excluding carboxylic acids is 1. The minimum absolute atomic E-state index is 0.0417. The molecule has 0 radical (unpaired) electrons. The highest BCUT2D eigenvalue weighted by Crippen LogP contribution is 2.24. The van der Waals surface area contributed by atoms with Crippen LogP contribution in [0.25, 0.3) is 0 Å². The van der Waals surface area contributed by atoms with Crippen LogP contribution in [-0.2, 0) is 6.61 Å². The maximum absolute atomic E-state index is 12.9. The number of anilines is 1. The van der Waals surface area contributed by atoms with Crippen LogP contribution in [0, 0.1) is 12.7 Å². The highest BCUT2D eigenvalue weighted by molar-refractivity contribution is 6.35. The van der Waals surface area contributed by atoms with E-state index in [1.54, 1.807) is 25.1 Å². The summed E-state index contributed by atoms with van der Waals surface area (Å²) >= 11 is 11.9. The maximum Gasteiger partial charge on any atom is 0.278 e. The molecule has 3 rings (SSSR count). The molecule has 0 unspecified atom stereocenters.